The number of benzene rings is 1. The predicted molar refractivity (Wildman–Crippen MR) is 94.6 cm³/mol. The molecule has 4 nitrogen and oxygen atoms in total. The fourth-order valence-electron chi connectivity index (χ4n) is 3.67. The van der Waals surface area contributed by atoms with Gasteiger partial charge in [0.2, 0.25) is 0 Å². The molecule has 1 heterocycles. The quantitative estimate of drug-likeness (QED) is 0.877. The molecule has 23 heavy (non-hydrogen) atoms. The van der Waals surface area contributed by atoms with E-state index in [2.05, 4.69) is 27.7 Å². The SMILES string of the molecule is O=C(Nc1ccc(CN2CCCCC2)cc1)NC1CCCCC1. The van der Waals surface area contributed by atoms with E-state index in [1.165, 1.54) is 57.2 Å². The van der Waals surface area contributed by atoms with Crippen molar-refractivity contribution in [2.75, 3.05) is 18.4 Å². The number of carbonyl (C=O) groups is 1. The average molecular weight is 315 g/mol. The molecule has 2 N–H and O–H groups in total. The topological polar surface area (TPSA) is 44.4 Å². The molecular formula is C19H29N3O. The summed E-state index contributed by atoms with van der Waals surface area (Å²) in [6, 6.07) is 8.57. The fourth-order valence-corrected chi connectivity index (χ4v) is 3.67. The van der Waals surface area contributed by atoms with Crippen LogP contribution in [0.25, 0.3) is 0 Å². The third-order valence-electron chi connectivity index (χ3n) is 5.01. The molecule has 1 saturated heterocycles. The molecule has 0 unspecified atom stereocenters. The van der Waals surface area contributed by atoms with Gasteiger partial charge in [0.25, 0.3) is 0 Å². The van der Waals surface area contributed by atoms with E-state index in [-0.39, 0.29) is 6.03 Å². The third-order valence-corrected chi connectivity index (χ3v) is 5.01. The van der Waals surface area contributed by atoms with E-state index in [0.29, 0.717) is 6.04 Å². The normalized spacial score (nSPS) is 20.2. The van der Waals surface area contributed by atoms with Gasteiger partial charge < -0.3 is 10.6 Å². The van der Waals surface area contributed by atoms with Gasteiger partial charge in [0.1, 0.15) is 0 Å². The highest BCUT2D eigenvalue weighted by molar-refractivity contribution is 5.89. The number of carbonyl (C=O) groups excluding carboxylic acids is 1. The Morgan fingerprint density at radius 1 is 0.957 bits per heavy atom. The lowest BCUT2D eigenvalue weighted by Crippen LogP contribution is -2.39. The minimum absolute atomic E-state index is 0.0688. The number of hydrogen-bond donors (Lipinski definition) is 2. The highest BCUT2D eigenvalue weighted by atomic mass is 16.2. The maximum atomic E-state index is 12.1. The largest absolute Gasteiger partial charge is 0.335 e. The lowest BCUT2D eigenvalue weighted by Gasteiger charge is -2.26. The molecule has 1 saturated carbocycles. The molecule has 1 aromatic rings. The highest BCUT2D eigenvalue weighted by Gasteiger charge is 2.15. The van der Waals surface area contributed by atoms with Crippen LogP contribution in [-0.2, 0) is 6.54 Å². The Hall–Kier alpha value is -1.55. The van der Waals surface area contributed by atoms with Crippen molar-refractivity contribution in [3.05, 3.63) is 29.8 Å². The van der Waals surface area contributed by atoms with E-state index < -0.39 is 0 Å². The Labute approximate surface area is 139 Å². The number of urea groups is 1. The number of piperidine rings is 1. The number of amides is 2. The van der Waals surface area contributed by atoms with Crippen LogP contribution in [0.5, 0.6) is 0 Å². The molecule has 2 amide bonds. The Kier molecular flexibility index (Phi) is 5.92. The summed E-state index contributed by atoms with van der Waals surface area (Å²) in [5.41, 5.74) is 2.20. The van der Waals surface area contributed by atoms with Crippen molar-refractivity contribution in [1.29, 1.82) is 0 Å². The first-order chi connectivity index (χ1) is 11.3. The molecule has 0 radical (unpaired) electrons. The summed E-state index contributed by atoms with van der Waals surface area (Å²) in [7, 11) is 0. The molecule has 4 heteroatoms. The molecule has 0 aromatic heterocycles. The van der Waals surface area contributed by atoms with Crippen LogP contribution in [-0.4, -0.2) is 30.1 Å². The zero-order chi connectivity index (χ0) is 15.9. The van der Waals surface area contributed by atoms with Gasteiger partial charge in [-0.15, -0.1) is 0 Å². The molecular weight excluding hydrogens is 286 g/mol. The molecule has 0 spiro atoms. The predicted octanol–water partition coefficient (Wildman–Crippen LogP) is 4.13. The molecule has 2 fully saturated rings. The van der Waals surface area contributed by atoms with Crippen LogP contribution in [0.3, 0.4) is 0 Å². The van der Waals surface area contributed by atoms with Gasteiger partial charge in [-0.05, 0) is 56.5 Å². The minimum Gasteiger partial charge on any atom is -0.335 e. The summed E-state index contributed by atoms with van der Waals surface area (Å²) < 4.78 is 0. The number of nitrogens with one attached hydrogen (secondary N) is 2. The number of nitrogens with zero attached hydrogens (tertiary/aromatic N) is 1. The van der Waals surface area contributed by atoms with Crippen molar-refractivity contribution < 1.29 is 4.79 Å². The molecule has 126 valence electrons. The minimum atomic E-state index is -0.0688. The highest BCUT2D eigenvalue weighted by Crippen LogP contribution is 2.18. The fraction of sp³-hybridized carbons (Fsp3) is 0.632. The number of hydrogen-bond acceptors (Lipinski definition) is 2. The van der Waals surface area contributed by atoms with Gasteiger partial charge in [-0.1, -0.05) is 37.8 Å². The molecule has 0 bridgehead atoms. The van der Waals surface area contributed by atoms with Crippen molar-refractivity contribution in [3.8, 4) is 0 Å². The summed E-state index contributed by atoms with van der Waals surface area (Å²) in [6.45, 7) is 3.45. The summed E-state index contributed by atoms with van der Waals surface area (Å²) in [6.07, 6.45) is 10.0. The summed E-state index contributed by atoms with van der Waals surface area (Å²) >= 11 is 0. The molecule has 2 aliphatic rings. The van der Waals surface area contributed by atoms with Crippen molar-refractivity contribution in [1.82, 2.24) is 10.2 Å². The number of likely N-dealkylation sites (tertiary alicyclic amines) is 1. The second-order valence-corrected chi connectivity index (χ2v) is 6.97. The first kappa shape index (κ1) is 16.3. The zero-order valence-corrected chi connectivity index (χ0v) is 14.0. The van der Waals surface area contributed by atoms with Gasteiger partial charge >= 0.3 is 6.03 Å². The van der Waals surface area contributed by atoms with Gasteiger partial charge in [0.15, 0.2) is 0 Å². The first-order valence-corrected chi connectivity index (χ1v) is 9.18. The summed E-state index contributed by atoms with van der Waals surface area (Å²) in [5.74, 6) is 0. The zero-order valence-electron chi connectivity index (χ0n) is 14.0. The summed E-state index contributed by atoms with van der Waals surface area (Å²) in [5, 5.41) is 6.05. The maximum absolute atomic E-state index is 12.1. The maximum Gasteiger partial charge on any atom is 0.319 e. The average Bonchev–Trinajstić information content (AvgIpc) is 2.58. The van der Waals surface area contributed by atoms with Gasteiger partial charge in [0.05, 0.1) is 0 Å². The standard InChI is InChI=1S/C19H29N3O/c23-19(20-17-7-3-1-4-8-17)21-18-11-9-16(10-12-18)15-22-13-5-2-6-14-22/h9-12,17H,1-8,13-15H2,(H2,20,21,23). The Bertz CT molecular complexity index is 488. The first-order valence-electron chi connectivity index (χ1n) is 9.18. The number of rotatable bonds is 4. The Morgan fingerprint density at radius 2 is 1.61 bits per heavy atom. The van der Waals surface area contributed by atoms with E-state index in [1.807, 2.05) is 12.1 Å². The van der Waals surface area contributed by atoms with Crippen LogP contribution in [0.2, 0.25) is 0 Å². The molecule has 1 aromatic carbocycles. The van der Waals surface area contributed by atoms with Crippen LogP contribution in [0.1, 0.15) is 56.9 Å². The van der Waals surface area contributed by atoms with E-state index in [0.717, 1.165) is 25.1 Å². The molecule has 1 aliphatic heterocycles. The Morgan fingerprint density at radius 3 is 2.30 bits per heavy atom. The second kappa shape index (κ2) is 8.34. The van der Waals surface area contributed by atoms with Crippen LogP contribution >= 0.6 is 0 Å². The monoisotopic (exact) mass is 315 g/mol. The lowest BCUT2D eigenvalue weighted by atomic mass is 9.96. The molecule has 1 aliphatic carbocycles. The smallest absolute Gasteiger partial charge is 0.319 e. The summed E-state index contributed by atoms with van der Waals surface area (Å²) in [4.78, 5) is 14.6. The van der Waals surface area contributed by atoms with Crippen molar-refractivity contribution in [2.45, 2.75) is 64.0 Å². The molecule has 3 rings (SSSR count). The number of anilines is 1. The van der Waals surface area contributed by atoms with E-state index in [4.69, 9.17) is 0 Å². The van der Waals surface area contributed by atoms with Crippen LogP contribution in [0.15, 0.2) is 24.3 Å². The molecule has 0 atom stereocenters. The van der Waals surface area contributed by atoms with Crippen molar-refractivity contribution >= 4 is 11.7 Å². The van der Waals surface area contributed by atoms with Crippen LogP contribution in [0, 0.1) is 0 Å². The third kappa shape index (κ3) is 5.24. The van der Waals surface area contributed by atoms with Crippen molar-refractivity contribution in [3.63, 3.8) is 0 Å². The van der Waals surface area contributed by atoms with Gasteiger partial charge in [-0.25, -0.2) is 4.79 Å². The van der Waals surface area contributed by atoms with Gasteiger partial charge in [-0.3, -0.25) is 4.90 Å². The lowest BCUT2D eigenvalue weighted by molar-refractivity contribution is 0.221. The van der Waals surface area contributed by atoms with E-state index >= 15 is 0 Å². The van der Waals surface area contributed by atoms with Crippen LogP contribution < -0.4 is 10.6 Å². The van der Waals surface area contributed by atoms with E-state index in [1.54, 1.807) is 0 Å². The van der Waals surface area contributed by atoms with Gasteiger partial charge in [0, 0.05) is 18.3 Å². The van der Waals surface area contributed by atoms with Crippen molar-refractivity contribution in [2.24, 2.45) is 0 Å². The van der Waals surface area contributed by atoms with Crippen LogP contribution in [0.4, 0.5) is 10.5 Å². The second-order valence-electron chi connectivity index (χ2n) is 6.97. The van der Waals surface area contributed by atoms with Gasteiger partial charge in [-0.2, -0.15) is 0 Å². The van der Waals surface area contributed by atoms with E-state index in [9.17, 15) is 4.79 Å². The Balaban J connectivity index is 1.45.